The van der Waals surface area contributed by atoms with E-state index in [1.54, 1.807) is 6.07 Å². The lowest BCUT2D eigenvalue weighted by Gasteiger charge is -1.97. The fraction of sp³-hybridized carbons (Fsp3) is 0.375. The molecule has 1 aliphatic rings. The van der Waals surface area contributed by atoms with Crippen LogP contribution in [0, 0.1) is 11.3 Å². The molecule has 0 unspecified atom stereocenters. The molecule has 0 bridgehead atoms. The number of nitrogens with zero attached hydrogens (tertiary/aromatic N) is 1. The topological polar surface area (TPSA) is 89.5 Å². The van der Waals surface area contributed by atoms with Gasteiger partial charge in [0.05, 0.1) is 0 Å². The van der Waals surface area contributed by atoms with Crippen molar-refractivity contribution >= 4 is 0 Å². The summed E-state index contributed by atoms with van der Waals surface area (Å²) in [5.74, 6) is 0.199. The number of rotatable bonds is 1. The Labute approximate surface area is 73.0 Å². The Morgan fingerprint density at radius 2 is 2.00 bits per heavy atom. The number of aromatic amines is 2. The fourth-order valence-electron chi connectivity index (χ4n) is 1.29. The molecule has 1 aliphatic carbocycles. The lowest BCUT2D eigenvalue weighted by Crippen LogP contribution is -2.26. The number of hydrogen-bond acceptors (Lipinski definition) is 3. The summed E-state index contributed by atoms with van der Waals surface area (Å²) in [6.45, 7) is 0. The minimum atomic E-state index is -0.590. The van der Waals surface area contributed by atoms with Gasteiger partial charge in [0, 0.05) is 11.6 Å². The van der Waals surface area contributed by atoms with E-state index in [2.05, 4.69) is 4.98 Å². The van der Waals surface area contributed by atoms with Gasteiger partial charge in [0.25, 0.3) is 5.56 Å². The Bertz CT molecular complexity index is 487. The van der Waals surface area contributed by atoms with Gasteiger partial charge in [0.15, 0.2) is 0 Å². The van der Waals surface area contributed by atoms with Gasteiger partial charge in [-0.05, 0) is 12.8 Å². The standard InChI is InChI=1S/C8H7N3O2/c9-3-5-6(4-1-2-4)10-8(13)11-7(5)12/h4H,1-2H2,(H2,10,11,12,13). The lowest BCUT2D eigenvalue weighted by atomic mass is 10.2. The molecule has 2 N–H and O–H groups in total. The quantitative estimate of drug-likeness (QED) is 0.623. The number of H-pyrrole nitrogens is 2. The van der Waals surface area contributed by atoms with Crippen molar-refractivity contribution in [1.29, 1.82) is 5.26 Å². The summed E-state index contributed by atoms with van der Waals surface area (Å²) in [6.07, 6.45) is 1.88. The van der Waals surface area contributed by atoms with Gasteiger partial charge >= 0.3 is 5.69 Å². The van der Waals surface area contributed by atoms with Gasteiger partial charge in [-0.3, -0.25) is 9.78 Å². The molecule has 1 fully saturated rings. The molecular weight excluding hydrogens is 170 g/mol. The minimum absolute atomic E-state index is 0.0436. The summed E-state index contributed by atoms with van der Waals surface area (Å²) in [5.41, 5.74) is -0.586. The molecule has 66 valence electrons. The monoisotopic (exact) mass is 177 g/mol. The fourth-order valence-corrected chi connectivity index (χ4v) is 1.29. The van der Waals surface area contributed by atoms with Crippen molar-refractivity contribution in [3.8, 4) is 6.07 Å². The highest BCUT2D eigenvalue weighted by atomic mass is 16.2. The SMILES string of the molecule is N#Cc1c(C2CC2)[nH]c(=O)[nH]c1=O. The predicted octanol–water partition coefficient (Wildman–Crippen LogP) is -0.188. The second kappa shape index (κ2) is 2.59. The molecule has 13 heavy (non-hydrogen) atoms. The first-order chi connectivity index (χ1) is 6.22. The molecule has 2 rings (SSSR count). The van der Waals surface area contributed by atoms with E-state index < -0.39 is 11.2 Å². The maximum atomic E-state index is 11.1. The van der Waals surface area contributed by atoms with E-state index >= 15 is 0 Å². The van der Waals surface area contributed by atoms with Crippen LogP contribution in [-0.2, 0) is 0 Å². The molecule has 0 radical (unpaired) electrons. The van der Waals surface area contributed by atoms with Crippen molar-refractivity contribution in [3.05, 3.63) is 32.1 Å². The van der Waals surface area contributed by atoms with E-state index in [4.69, 9.17) is 5.26 Å². The van der Waals surface area contributed by atoms with Crippen LogP contribution < -0.4 is 11.2 Å². The van der Waals surface area contributed by atoms with Crippen LogP contribution in [0.2, 0.25) is 0 Å². The third kappa shape index (κ3) is 1.26. The summed E-state index contributed by atoms with van der Waals surface area (Å²) in [4.78, 5) is 26.5. The molecular formula is C8H7N3O2. The van der Waals surface area contributed by atoms with Gasteiger partial charge in [-0.1, -0.05) is 0 Å². The second-order valence-corrected chi connectivity index (χ2v) is 3.08. The maximum absolute atomic E-state index is 11.1. The largest absolute Gasteiger partial charge is 0.325 e. The number of nitriles is 1. The van der Waals surface area contributed by atoms with Crippen LogP contribution in [0.4, 0.5) is 0 Å². The normalized spacial score (nSPS) is 15.3. The third-order valence-electron chi connectivity index (χ3n) is 2.07. The number of aromatic nitrogens is 2. The third-order valence-corrected chi connectivity index (χ3v) is 2.07. The molecule has 1 heterocycles. The molecule has 5 heteroatoms. The van der Waals surface area contributed by atoms with E-state index in [1.807, 2.05) is 4.98 Å². The Kier molecular flexibility index (Phi) is 1.55. The zero-order valence-corrected chi connectivity index (χ0v) is 6.76. The summed E-state index contributed by atoms with van der Waals surface area (Å²) in [7, 11) is 0. The van der Waals surface area contributed by atoms with E-state index in [1.165, 1.54) is 0 Å². The van der Waals surface area contributed by atoms with Crippen LogP contribution in [0.25, 0.3) is 0 Å². The second-order valence-electron chi connectivity index (χ2n) is 3.08. The minimum Gasteiger partial charge on any atom is -0.310 e. The van der Waals surface area contributed by atoms with Crippen molar-refractivity contribution in [2.24, 2.45) is 0 Å². The van der Waals surface area contributed by atoms with Crippen LogP contribution in [0.15, 0.2) is 9.59 Å². The number of hydrogen-bond donors (Lipinski definition) is 2. The molecule has 0 saturated heterocycles. The first-order valence-electron chi connectivity index (χ1n) is 3.99. The molecule has 5 nitrogen and oxygen atoms in total. The van der Waals surface area contributed by atoms with Gasteiger partial charge in [-0.2, -0.15) is 5.26 Å². The zero-order chi connectivity index (χ0) is 9.42. The molecule has 0 aliphatic heterocycles. The van der Waals surface area contributed by atoms with Gasteiger partial charge in [-0.15, -0.1) is 0 Å². The average Bonchev–Trinajstić information content (AvgIpc) is 2.85. The number of nitrogens with one attached hydrogen (secondary N) is 2. The van der Waals surface area contributed by atoms with E-state index in [0.717, 1.165) is 12.8 Å². The van der Waals surface area contributed by atoms with Crippen LogP contribution in [0.3, 0.4) is 0 Å². The maximum Gasteiger partial charge on any atom is 0.325 e. The van der Waals surface area contributed by atoms with Crippen molar-refractivity contribution in [1.82, 2.24) is 9.97 Å². The van der Waals surface area contributed by atoms with Crippen LogP contribution in [0.5, 0.6) is 0 Å². The highest BCUT2D eigenvalue weighted by molar-refractivity contribution is 5.34. The van der Waals surface area contributed by atoms with E-state index in [-0.39, 0.29) is 11.5 Å². The molecule has 1 saturated carbocycles. The van der Waals surface area contributed by atoms with Gasteiger partial charge in [0.1, 0.15) is 11.6 Å². The Balaban J connectivity index is 2.72. The molecule has 0 spiro atoms. The summed E-state index contributed by atoms with van der Waals surface area (Å²) >= 11 is 0. The first-order valence-corrected chi connectivity index (χ1v) is 3.99. The summed E-state index contributed by atoms with van der Waals surface area (Å²) < 4.78 is 0. The molecule has 0 amide bonds. The zero-order valence-electron chi connectivity index (χ0n) is 6.76. The molecule has 0 aromatic carbocycles. The molecule has 0 atom stereocenters. The van der Waals surface area contributed by atoms with E-state index in [9.17, 15) is 9.59 Å². The van der Waals surface area contributed by atoms with Crippen molar-refractivity contribution < 1.29 is 0 Å². The summed E-state index contributed by atoms with van der Waals surface area (Å²) in [5, 5.41) is 8.67. The molecule has 1 aromatic heterocycles. The Morgan fingerprint density at radius 3 is 2.54 bits per heavy atom. The molecule has 1 aromatic rings. The first kappa shape index (κ1) is 7.80. The smallest absolute Gasteiger partial charge is 0.310 e. The average molecular weight is 177 g/mol. The Morgan fingerprint density at radius 1 is 1.31 bits per heavy atom. The van der Waals surface area contributed by atoms with Gasteiger partial charge < -0.3 is 4.98 Å². The lowest BCUT2D eigenvalue weighted by molar-refractivity contribution is 0.916. The van der Waals surface area contributed by atoms with Crippen molar-refractivity contribution in [3.63, 3.8) is 0 Å². The van der Waals surface area contributed by atoms with Gasteiger partial charge in [-0.25, -0.2) is 4.79 Å². The van der Waals surface area contributed by atoms with Crippen LogP contribution in [-0.4, -0.2) is 9.97 Å². The Hall–Kier alpha value is -1.83. The van der Waals surface area contributed by atoms with Crippen LogP contribution in [0.1, 0.15) is 30.0 Å². The highest BCUT2D eigenvalue weighted by Gasteiger charge is 2.28. The predicted molar refractivity (Wildman–Crippen MR) is 44.4 cm³/mol. The highest BCUT2D eigenvalue weighted by Crippen LogP contribution is 2.39. The van der Waals surface area contributed by atoms with Crippen LogP contribution >= 0.6 is 0 Å². The van der Waals surface area contributed by atoms with E-state index in [0.29, 0.717) is 5.69 Å². The summed E-state index contributed by atoms with van der Waals surface area (Å²) in [6, 6.07) is 1.80. The van der Waals surface area contributed by atoms with Crippen molar-refractivity contribution in [2.75, 3.05) is 0 Å². The van der Waals surface area contributed by atoms with Gasteiger partial charge in [0.2, 0.25) is 0 Å². The van der Waals surface area contributed by atoms with Crippen molar-refractivity contribution in [2.45, 2.75) is 18.8 Å².